The van der Waals surface area contributed by atoms with E-state index in [9.17, 15) is 0 Å². The molecular formula is C14H29S. The lowest BCUT2D eigenvalue weighted by atomic mass is 10.1. The fourth-order valence-electron chi connectivity index (χ4n) is 1.88. The molecule has 0 nitrogen and oxygen atoms in total. The first-order chi connectivity index (χ1) is 7.41. The quantitative estimate of drug-likeness (QED) is 0.335. The Labute approximate surface area is 103 Å². The van der Waals surface area contributed by atoms with Crippen molar-refractivity contribution in [2.45, 2.75) is 77.0 Å². The zero-order valence-electron chi connectivity index (χ0n) is 10.3. The van der Waals surface area contributed by atoms with Crippen LogP contribution in [0.1, 0.15) is 77.0 Å². The molecule has 0 unspecified atom stereocenters. The van der Waals surface area contributed by atoms with Crippen LogP contribution in [0.4, 0.5) is 0 Å². The summed E-state index contributed by atoms with van der Waals surface area (Å²) in [4.78, 5) is 0. The van der Waals surface area contributed by atoms with Crippen molar-refractivity contribution in [2.24, 2.45) is 0 Å². The lowest BCUT2D eigenvalue weighted by Crippen LogP contribution is -1.82. The minimum Gasteiger partial charge on any atom is -0.179 e. The summed E-state index contributed by atoms with van der Waals surface area (Å²) in [7, 11) is 0. The van der Waals surface area contributed by atoms with Gasteiger partial charge in [-0.25, -0.2) is 0 Å². The van der Waals surface area contributed by atoms with E-state index in [0.29, 0.717) is 0 Å². The molecule has 1 heteroatoms. The molecule has 0 bridgehead atoms. The molecule has 0 aromatic carbocycles. The Bertz CT molecular complexity index is 89.5. The maximum Gasteiger partial charge on any atom is -0.00979 e. The fraction of sp³-hybridized carbons (Fsp3) is 0.929. The zero-order valence-corrected chi connectivity index (χ0v) is 11.2. The van der Waals surface area contributed by atoms with E-state index in [1.807, 2.05) is 0 Å². The van der Waals surface area contributed by atoms with E-state index in [4.69, 9.17) is 0 Å². The van der Waals surface area contributed by atoms with Crippen LogP contribution < -0.4 is 0 Å². The predicted molar refractivity (Wildman–Crippen MR) is 74.6 cm³/mol. The van der Waals surface area contributed by atoms with Crippen molar-refractivity contribution in [3.05, 3.63) is 6.92 Å². The standard InChI is InChI=1S/C14H29S/c1-2-3-4-5-6-7-8-9-10-11-12-13-14-15/h15H,1-14H2. The molecular weight excluding hydrogens is 200 g/mol. The minimum absolute atomic E-state index is 1.06. The molecule has 0 aromatic heterocycles. The van der Waals surface area contributed by atoms with Gasteiger partial charge in [0.1, 0.15) is 0 Å². The number of hydrogen-bond donors (Lipinski definition) is 1. The summed E-state index contributed by atoms with van der Waals surface area (Å²) in [5.41, 5.74) is 0. The predicted octanol–water partition coefficient (Wildman–Crippen LogP) is 5.43. The van der Waals surface area contributed by atoms with Gasteiger partial charge in [-0.2, -0.15) is 12.6 Å². The molecule has 0 heterocycles. The summed E-state index contributed by atoms with van der Waals surface area (Å²) >= 11 is 4.22. The highest BCUT2D eigenvalue weighted by atomic mass is 32.1. The molecule has 0 rings (SSSR count). The van der Waals surface area contributed by atoms with Crippen LogP contribution in [-0.4, -0.2) is 5.75 Å². The van der Waals surface area contributed by atoms with Gasteiger partial charge in [0, 0.05) is 0 Å². The molecule has 91 valence electrons. The van der Waals surface area contributed by atoms with Gasteiger partial charge in [-0.15, -0.1) is 0 Å². The van der Waals surface area contributed by atoms with E-state index in [0.717, 1.165) is 12.2 Å². The second-order valence-corrected chi connectivity index (χ2v) is 4.91. The average molecular weight is 229 g/mol. The van der Waals surface area contributed by atoms with E-state index in [-0.39, 0.29) is 0 Å². The van der Waals surface area contributed by atoms with Gasteiger partial charge in [0.2, 0.25) is 0 Å². The SMILES string of the molecule is [CH2]CCCCCCCCCCCCCS. The van der Waals surface area contributed by atoms with Gasteiger partial charge in [0.15, 0.2) is 0 Å². The third-order valence-electron chi connectivity index (χ3n) is 2.91. The van der Waals surface area contributed by atoms with Crippen LogP contribution in [0.5, 0.6) is 0 Å². The monoisotopic (exact) mass is 229 g/mol. The van der Waals surface area contributed by atoms with Crippen LogP contribution in [-0.2, 0) is 0 Å². The number of hydrogen-bond acceptors (Lipinski definition) is 1. The summed E-state index contributed by atoms with van der Waals surface area (Å²) in [5, 5.41) is 0. The maximum atomic E-state index is 4.22. The van der Waals surface area contributed by atoms with Crippen molar-refractivity contribution in [1.29, 1.82) is 0 Å². The second-order valence-electron chi connectivity index (χ2n) is 4.47. The lowest BCUT2D eigenvalue weighted by Gasteiger charge is -2.01. The molecule has 1 radical (unpaired) electrons. The summed E-state index contributed by atoms with van der Waals surface area (Å²) in [5.74, 6) is 1.06. The summed E-state index contributed by atoms with van der Waals surface area (Å²) in [6.45, 7) is 3.86. The highest BCUT2D eigenvalue weighted by Crippen LogP contribution is 2.11. The van der Waals surface area contributed by atoms with E-state index >= 15 is 0 Å². The van der Waals surface area contributed by atoms with Gasteiger partial charge >= 0.3 is 0 Å². The van der Waals surface area contributed by atoms with E-state index in [2.05, 4.69) is 19.6 Å². The Morgan fingerprint density at radius 3 is 1.20 bits per heavy atom. The van der Waals surface area contributed by atoms with Gasteiger partial charge in [0.25, 0.3) is 0 Å². The van der Waals surface area contributed by atoms with Gasteiger partial charge < -0.3 is 0 Å². The summed E-state index contributed by atoms with van der Waals surface area (Å²) < 4.78 is 0. The fourth-order valence-corrected chi connectivity index (χ4v) is 2.10. The van der Waals surface area contributed by atoms with Gasteiger partial charge in [-0.1, -0.05) is 77.6 Å². The van der Waals surface area contributed by atoms with Crippen LogP contribution in [0, 0.1) is 6.92 Å². The summed E-state index contributed by atoms with van der Waals surface area (Å²) in [6.07, 6.45) is 16.6. The smallest absolute Gasteiger partial charge is 0.00979 e. The molecule has 0 fully saturated rings. The van der Waals surface area contributed by atoms with Gasteiger partial charge in [-0.3, -0.25) is 0 Å². The molecule has 0 aliphatic rings. The van der Waals surface area contributed by atoms with E-state index < -0.39 is 0 Å². The van der Waals surface area contributed by atoms with Crippen LogP contribution in [0.3, 0.4) is 0 Å². The third-order valence-corrected chi connectivity index (χ3v) is 3.22. The Kier molecular flexibility index (Phi) is 14.7. The zero-order chi connectivity index (χ0) is 11.2. The highest BCUT2D eigenvalue weighted by Gasteiger charge is 1.92. The van der Waals surface area contributed by atoms with Crippen LogP contribution in [0.2, 0.25) is 0 Å². The first kappa shape index (κ1) is 15.3. The van der Waals surface area contributed by atoms with Gasteiger partial charge in [-0.05, 0) is 12.2 Å². The van der Waals surface area contributed by atoms with Gasteiger partial charge in [0.05, 0.1) is 0 Å². The van der Waals surface area contributed by atoms with Crippen molar-refractivity contribution >= 4 is 12.6 Å². The van der Waals surface area contributed by atoms with Crippen molar-refractivity contribution < 1.29 is 0 Å². The molecule has 0 aromatic rings. The van der Waals surface area contributed by atoms with Crippen LogP contribution in [0.25, 0.3) is 0 Å². The topological polar surface area (TPSA) is 0 Å². The normalized spacial score (nSPS) is 10.8. The molecule has 0 N–H and O–H groups in total. The molecule has 0 saturated carbocycles. The third kappa shape index (κ3) is 14.4. The first-order valence-electron chi connectivity index (χ1n) is 6.82. The van der Waals surface area contributed by atoms with Crippen molar-refractivity contribution in [1.82, 2.24) is 0 Å². The molecule has 0 aliphatic heterocycles. The number of thiol groups is 1. The molecule has 0 saturated heterocycles. The molecule has 0 aliphatic carbocycles. The van der Waals surface area contributed by atoms with Crippen LogP contribution >= 0.6 is 12.6 Å². The minimum atomic E-state index is 1.06. The molecule has 15 heavy (non-hydrogen) atoms. The number of rotatable bonds is 12. The molecule has 0 amide bonds. The van der Waals surface area contributed by atoms with Crippen molar-refractivity contribution in [3.63, 3.8) is 0 Å². The highest BCUT2D eigenvalue weighted by molar-refractivity contribution is 7.80. The largest absolute Gasteiger partial charge is 0.179 e. The first-order valence-corrected chi connectivity index (χ1v) is 7.45. The Balaban J connectivity index is 2.81. The lowest BCUT2D eigenvalue weighted by molar-refractivity contribution is 0.551. The Morgan fingerprint density at radius 1 is 0.533 bits per heavy atom. The Hall–Kier alpha value is 0.350. The van der Waals surface area contributed by atoms with Crippen molar-refractivity contribution in [3.8, 4) is 0 Å². The average Bonchev–Trinajstić information content (AvgIpc) is 2.26. The molecule has 0 spiro atoms. The van der Waals surface area contributed by atoms with E-state index in [1.165, 1.54) is 70.6 Å². The maximum absolute atomic E-state index is 4.22. The van der Waals surface area contributed by atoms with Crippen LogP contribution in [0.15, 0.2) is 0 Å². The van der Waals surface area contributed by atoms with Crippen molar-refractivity contribution in [2.75, 3.05) is 5.75 Å². The second kappa shape index (κ2) is 14.3. The molecule has 0 atom stereocenters. The number of unbranched alkanes of at least 4 members (excludes halogenated alkanes) is 11. The Morgan fingerprint density at radius 2 is 0.867 bits per heavy atom. The van der Waals surface area contributed by atoms with E-state index in [1.54, 1.807) is 0 Å². The summed E-state index contributed by atoms with van der Waals surface area (Å²) in [6, 6.07) is 0.